The molecule has 166 valence electrons. The molecule has 0 heterocycles. The summed E-state index contributed by atoms with van der Waals surface area (Å²) in [4.78, 5) is 28.0. The minimum absolute atomic E-state index is 0.0574. The van der Waals surface area contributed by atoms with Crippen molar-refractivity contribution in [1.29, 1.82) is 0 Å². The van der Waals surface area contributed by atoms with Gasteiger partial charge in [0.25, 0.3) is 0 Å². The predicted molar refractivity (Wildman–Crippen MR) is 123 cm³/mol. The summed E-state index contributed by atoms with van der Waals surface area (Å²) < 4.78 is 5.21. The number of ether oxygens (including phenoxy) is 1. The molecule has 1 aliphatic rings. The third kappa shape index (κ3) is 6.58. The zero-order chi connectivity index (χ0) is 22.2. The van der Waals surface area contributed by atoms with Crippen LogP contribution in [0.15, 0.2) is 48.5 Å². The van der Waals surface area contributed by atoms with E-state index in [2.05, 4.69) is 11.4 Å². The molecular weight excluding hydrogens is 388 g/mol. The molecule has 31 heavy (non-hydrogen) atoms. The molecule has 1 fully saturated rings. The predicted octanol–water partition coefficient (Wildman–Crippen LogP) is 4.41. The largest absolute Gasteiger partial charge is 0.497 e. The number of hydrogen-bond donors (Lipinski definition) is 1. The molecule has 0 saturated heterocycles. The van der Waals surface area contributed by atoms with Crippen LogP contribution in [0.1, 0.15) is 55.7 Å². The quantitative estimate of drug-likeness (QED) is 0.685. The van der Waals surface area contributed by atoms with Gasteiger partial charge in [-0.3, -0.25) is 9.59 Å². The Bertz CT molecular complexity index is 872. The second-order valence-corrected chi connectivity index (χ2v) is 8.56. The monoisotopic (exact) mass is 422 g/mol. The van der Waals surface area contributed by atoms with E-state index in [1.165, 1.54) is 6.42 Å². The maximum Gasteiger partial charge on any atom is 0.242 e. The number of benzene rings is 2. The minimum Gasteiger partial charge on any atom is -0.497 e. The minimum atomic E-state index is -0.534. The first-order chi connectivity index (χ1) is 15.0. The number of amides is 2. The summed E-state index contributed by atoms with van der Waals surface area (Å²) in [5.41, 5.74) is 3.07. The molecule has 0 radical (unpaired) electrons. The number of nitrogens with zero attached hydrogens (tertiary/aromatic N) is 1. The van der Waals surface area contributed by atoms with Crippen LogP contribution in [0, 0.1) is 6.92 Å². The van der Waals surface area contributed by atoms with E-state index >= 15 is 0 Å². The van der Waals surface area contributed by atoms with Crippen molar-refractivity contribution in [2.24, 2.45) is 0 Å². The van der Waals surface area contributed by atoms with Gasteiger partial charge in [-0.15, -0.1) is 0 Å². The van der Waals surface area contributed by atoms with Crippen molar-refractivity contribution in [3.63, 3.8) is 0 Å². The molecular formula is C26H34N2O3. The van der Waals surface area contributed by atoms with Crippen LogP contribution in [-0.4, -0.2) is 35.9 Å². The lowest BCUT2D eigenvalue weighted by atomic mass is 9.95. The topological polar surface area (TPSA) is 58.6 Å². The average Bonchev–Trinajstić information content (AvgIpc) is 2.78. The van der Waals surface area contributed by atoms with Gasteiger partial charge in [0.1, 0.15) is 11.8 Å². The van der Waals surface area contributed by atoms with Crippen LogP contribution in [-0.2, 0) is 22.6 Å². The first-order valence-corrected chi connectivity index (χ1v) is 11.2. The smallest absolute Gasteiger partial charge is 0.242 e. The Labute approximate surface area is 185 Å². The van der Waals surface area contributed by atoms with Crippen LogP contribution in [0.5, 0.6) is 5.75 Å². The van der Waals surface area contributed by atoms with Crippen molar-refractivity contribution < 1.29 is 14.3 Å². The first kappa shape index (κ1) is 22.9. The molecule has 1 unspecified atom stereocenters. The Morgan fingerprint density at radius 2 is 1.77 bits per heavy atom. The van der Waals surface area contributed by atoms with E-state index in [4.69, 9.17) is 4.74 Å². The van der Waals surface area contributed by atoms with E-state index in [1.54, 1.807) is 12.0 Å². The Hall–Kier alpha value is -2.82. The Morgan fingerprint density at radius 1 is 1.06 bits per heavy atom. The van der Waals surface area contributed by atoms with Crippen LogP contribution in [0.25, 0.3) is 0 Å². The van der Waals surface area contributed by atoms with E-state index < -0.39 is 6.04 Å². The van der Waals surface area contributed by atoms with Crippen molar-refractivity contribution in [3.8, 4) is 5.75 Å². The highest BCUT2D eigenvalue weighted by Gasteiger charge is 2.28. The summed E-state index contributed by atoms with van der Waals surface area (Å²) in [5.74, 6) is 0.633. The average molecular weight is 423 g/mol. The van der Waals surface area contributed by atoms with Gasteiger partial charge in [-0.2, -0.15) is 0 Å². The molecule has 5 heteroatoms. The van der Waals surface area contributed by atoms with Crippen molar-refractivity contribution >= 4 is 11.8 Å². The van der Waals surface area contributed by atoms with Gasteiger partial charge >= 0.3 is 0 Å². The van der Waals surface area contributed by atoms with Gasteiger partial charge in [-0.25, -0.2) is 0 Å². The third-order valence-electron chi connectivity index (χ3n) is 6.07. The summed E-state index contributed by atoms with van der Waals surface area (Å²) >= 11 is 0. The number of aryl methyl sites for hydroxylation is 1. The highest BCUT2D eigenvalue weighted by molar-refractivity contribution is 5.88. The number of carbonyl (C=O) groups excluding carboxylic acids is 2. The SMILES string of the molecule is COc1ccc(CC(=O)N(Cc2cccc(C)c2)C(C)C(=O)NC2CCCCC2)cc1. The van der Waals surface area contributed by atoms with Crippen LogP contribution in [0.2, 0.25) is 0 Å². The van der Waals surface area contributed by atoms with Crippen LogP contribution in [0.3, 0.4) is 0 Å². The number of rotatable bonds is 8. The molecule has 2 aromatic carbocycles. The summed E-state index contributed by atoms with van der Waals surface area (Å²) in [6.45, 7) is 4.28. The van der Waals surface area contributed by atoms with Crippen molar-refractivity contribution in [2.75, 3.05) is 7.11 Å². The molecule has 1 saturated carbocycles. The maximum absolute atomic E-state index is 13.3. The number of nitrogens with one attached hydrogen (secondary N) is 1. The zero-order valence-corrected chi connectivity index (χ0v) is 18.9. The summed E-state index contributed by atoms with van der Waals surface area (Å²) in [6, 6.07) is 15.3. The van der Waals surface area contributed by atoms with Crippen LogP contribution < -0.4 is 10.1 Å². The van der Waals surface area contributed by atoms with Crippen LogP contribution >= 0.6 is 0 Å². The molecule has 2 aromatic rings. The van der Waals surface area contributed by atoms with Gasteiger partial charge in [-0.1, -0.05) is 61.2 Å². The van der Waals surface area contributed by atoms with Crippen LogP contribution in [0.4, 0.5) is 0 Å². The molecule has 3 rings (SSSR count). The number of carbonyl (C=O) groups is 2. The highest BCUT2D eigenvalue weighted by Crippen LogP contribution is 2.19. The standard InChI is InChI=1S/C26H34N2O3/c1-19-8-7-9-22(16-19)18-28(20(2)26(30)27-23-10-5-4-6-11-23)25(29)17-21-12-14-24(31-3)15-13-21/h7-9,12-16,20,23H,4-6,10-11,17-18H2,1-3H3,(H,27,30). The third-order valence-corrected chi connectivity index (χ3v) is 6.07. The molecule has 0 aliphatic heterocycles. The number of methoxy groups -OCH3 is 1. The zero-order valence-electron chi connectivity index (χ0n) is 18.9. The Morgan fingerprint density at radius 3 is 2.42 bits per heavy atom. The van der Waals surface area contributed by atoms with Gasteiger partial charge in [-0.05, 0) is 49.9 Å². The molecule has 0 aromatic heterocycles. The van der Waals surface area contributed by atoms with Gasteiger partial charge in [0, 0.05) is 12.6 Å². The van der Waals surface area contributed by atoms with Gasteiger partial charge < -0.3 is 15.0 Å². The summed E-state index contributed by atoms with van der Waals surface area (Å²) in [7, 11) is 1.62. The lowest BCUT2D eigenvalue weighted by Crippen LogP contribution is -2.50. The Kier molecular flexibility index (Phi) is 8.10. The highest BCUT2D eigenvalue weighted by atomic mass is 16.5. The molecule has 5 nitrogen and oxygen atoms in total. The van der Waals surface area contributed by atoms with E-state index in [0.29, 0.717) is 6.54 Å². The second-order valence-electron chi connectivity index (χ2n) is 8.56. The molecule has 0 spiro atoms. The van der Waals surface area contributed by atoms with Gasteiger partial charge in [0.2, 0.25) is 11.8 Å². The number of hydrogen-bond acceptors (Lipinski definition) is 3. The molecule has 0 bridgehead atoms. The summed E-state index contributed by atoms with van der Waals surface area (Å²) in [5, 5.41) is 3.18. The normalized spacial score (nSPS) is 15.2. The van der Waals surface area contributed by atoms with E-state index in [1.807, 2.05) is 56.3 Å². The molecule has 1 atom stereocenters. The molecule has 1 N–H and O–H groups in total. The fourth-order valence-electron chi connectivity index (χ4n) is 4.18. The van der Waals surface area contributed by atoms with Gasteiger partial charge in [0.15, 0.2) is 0 Å². The summed E-state index contributed by atoms with van der Waals surface area (Å²) in [6.07, 6.45) is 5.84. The lowest BCUT2D eigenvalue weighted by molar-refractivity contribution is -0.140. The molecule has 1 aliphatic carbocycles. The van der Waals surface area contributed by atoms with Crippen molar-refractivity contribution in [1.82, 2.24) is 10.2 Å². The van der Waals surface area contributed by atoms with Gasteiger partial charge in [0.05, 0.1) is 13.5 Å². The van der Waals surface area contributed by atoms with E-state index in [9.17, 15) is 9.59 Å². The molecule has 2 amide bonds. The van der Waals surface area contributed by atoms with E-state index in [0.717, 1.165) is 48.1 Å². The second kappa shape index (κ2) is 11.0. The van der Waals surface area contributed by atoms with Crippen molar-refractivity contribution in [2.45, 2.75) is 71.0 Å². The fourth-order valence-corrected chi connectivity index (χ4v) is 4.18. The first-order valence-electron chi connectivity index (χ1n) is 11.2. The van der Waals surface area contributed by atoms with E-state index in [-0.39, 0.29) is 24.3 Å². The lowest BCUT2D eigenvalue weighted by Gasteiger charge is -2.31. The van der Waals surface area contributed by atoms with Crippen molar-refractivity contribution in [3.05, 3.63) is 65.2 Å². The fraction of sp³-hybridized carbons (Fsp3) is 0.462. The Balaban J connectivity index is 1.75. The maximum atomic E-state index is 13.3.